The van der Waals surface area contributed by atoms with Crippen LogP contribution in [0.5, 0.6) is 0 Å². The van der Waals surface area contributed by atoms with Gasteiger partial charge in [-0.25, -0.2) is 0 Å². The standard InChI is InChI=1S/C14H9NO3S3/c16-12(17)7-15-13(18)11(21-14(15)19)6-9-5-8-3-1-2-4-10(8)20-9/h1-6H,7H2,(H,16,17)/b11-6-. The molecule has 0 radical (unpaired) electrons. The highest BCUT2D eigenvalue weighted by molar-refractivity contribution is 8.26. The largest absolute Gasteiger partial charge is 0.480 e. The highest BCUT2D eigenvalue weighted by Gasteiger charge is 2.33. The smallest absolute Gasteiger partial charge is 0.323 e. The third-order valence-electron chi connectivity index (χ3n) is 2.88. The first kappa shape index (κ1) is 14.2. The van der Waals surface area contributed by atoms with Gasteiger partial charge in [0.2, 0.25) is 0 Å². The van der Waals surface area contributed by atoms with E-state index in [0.717, 1.165) is 31.6 Å². The lowest BCUT2D eigenvalue weighted by Crippen LogP contribution is -2.33. The zero-order valence-corrected chi connectivity index (χ0v) is 13.1. The lowest BCUT2D eigenvalue weighted by Gasteiger charge is -2.09. The first-order valence-electron chi connectivity index (χ1n) is 6.00. The third-order valence-corrected chi connectivity index (χ3v) is 5.33. The molecule has 2 heterocycles. The van der Waals surface area contributed by atoms with Gasteiger partial charge in [0.1, 0.15) is 10.9 Å². The van der Waals surface area contributed by atoms with Gasteiger partial charge in [-0.15, -0.1) is 11.3 Å². The molecule has 21 heavy (non-hydrogen) atoms. The Morgan fingerprint density at radius 2 is 2.14 bits per heavy atom. The second kappa shape index (κ2) is 5.59. The summed E-state index contributed by atoms with van der Waals surface area (Å²) < 4.78 is 1.43. The number of thiocarbonyl (C=S) groups is 1. The molecule has 1 aliphatic rings. The summed E-state index contributed by atoms with van der Waals surface area (Å²) in [7, 11) is 0. The van der Waals surface area contributed by atoms with Crippen molar-refractivity contribution in [3.63, 3.8) is 0 Å². The predicted octanol–water partition coefficient (Wildman–Crippen LogP) is 3.19. The monoisotopic (exact) mass is 335 g/mol. The lowest BCUT2D eigenvalue weighted by molar-refractivity contribution is -0.140. The summed E-state index contributed by atoms with van der Waals surface area (Å²) >= 11 is 7.78. The SMILES string of the molecule is O=C(O)CN1C(=O)/C(=C/c2cc3ccccc3s2)SC1=S. The van der Waals surface area contributed by atoms with E-state index >= 15 is 0 Å². The molecule has 0 saturated carbocycles. The van der Waals surface area contributed by atoms with Crippen molar-refractivity contribution in [2.24, 2.45) is 0 Å². The Hall–Kier alpha value is -1.70. The highest BCUT2D eigenvalue weighted by atomic mass is 32.2. The van der Waals surface area contributed by atoms with E-state index in [4.69, 9.17) is 17.3 Å². The van der Waals surface area contributed by atoms with Crippen molar-refractivity contribution in [2.45, 2.75) is 0 Å². The van der Waals surface area contributed by atoms with Crippen LogP contribution in [0, 0.1) is 0 Å². The van der Waals surface area contributed by atoms with Gasteiger partial charge in [-0.3, -0.25) is 14.5 Å². The van der Waals surface area contributed by atoms with Gasteiger partial charge in [0.25, 0.3) is 5.91 Å². The van der Waals surface area contributed by atoms with Crippen molar-refractivity contribution < 1.29 is 14.7 Å². The van der Waals surface area contributed by atoms with E-state index in [9.17, 15) is 9.59 Å². The molecule has 0 aliphatic carbocycles. The lowest BCUT2D eigenvalue weighted by atomic mass is 10.2. The molecular weight excluding hydrogens is 326 g/mol. The zero-order chi connectivity index (χ0) is 15.0. The van der Waals surface area contributed by atoms with Gasteiger partial charge in [0.05, 0.1) is 4.91 Å². The minimum absolute atomic E-state index is 0.287. The summed E-state index contributed by atoms with van der Waals surface area (Å²) in [5, 5.41) is 9.92. The second-order valence-corrected chi connectivity index (χ2v) is 7.14. The number of amides is 1. The summed E-state index contributed by atoms with van der Waals surface area (Å²) in [5.41, 5.74) is 0. The predicted molar refractivity (Wildman–Crippen MR) is 89.3 cm³/mol. The number of aliphatic carboxylic acids is 1. The number of benzene rings is 1. The van der Waals surface area contributed by atoms with Crippen LogP contribution in [0.4, 0.5) is 0 Å². The molecule has 2 aromatic rings. The number of thiophene rings is 1. The normalized spacial score (nSPS) is 17.1. The molecule has 1 amide bonds. The van der Waals surface area contributed by atoms with E-state index in [1.54, 1.807) is 17.4 Å². The highest BCUT2D eigenvalue weighted by Crippen LogP contribution is 2.35. The molecule has 1 saturated heterocycles. The topological polar surface area (TPSA) is 57.6 Å². The van der Waals surface area contributed by atoms with E-state index in [-0.39, 0.29) is 10.2 Å². The average molecular weight is 335 g/mol. The van der Waals surface area contributed by atoms with Gasteiger partial charge in [0.15, 0.2) is 0 Å². The Morgan fingerprint density at radius 3 is 2.86 bits per heavy atom. The average Bonchev–Trinajstić information content (AvgIpc) is 2.94. The van der Waals surface area contributed by atoms with Crippen LogP contribution in [0.25, 0.3) is 16.2 Å². The van der Waals surface area contributed by atoms with E-state index in [2.05, 4.69) is 0 Å². The van der Waals surface area contributed by atoms with Gasteiger partial charge in [-0.1, -0.05) is 42.2 Å². The van der Waals surface area contributed by atoms with Gasteiger partial charge in [0, 0.05) is 9.58 Å². The molecular formula is C14H9NO3S3. The summed E-state index contributed by atoms with van der Waals surface area (Å²) in [6, 6.07) is 9.97. The molecule has 1 aromatic heterocycles. The van der Waals surface area contributed by atoms with Crippen molar-refractivity contribution in [1.29, 1.82) is 0 Å². The van der Waals surface area contributed by atoms with Crippen LogP contribution in [0.15, 0.2) is 35.2 Å². The number of carboxylic acids is 1. The van der Waals surface area contributed by atoms with Crippen LogP contribution >= 0.6 is 35.3 Å². The van der Waals surface area contributed by atoms with Crippen molar-refractivity contribution in [3.8, 4) is 0 Å². The minimum Gasteiger partial charge on any atom is -0.480 e. The first-order chi connectivity index (χ1) is 10.0. The number of carbonyl (C=O) groups is 2. The third kappa shape index (κ3) is 2.85. The molecule has 106 valence electrons. The fourth-order valence-corrected chi connectivity index (χ4v) is 4.30. The Morgan fingerprint density at radius 1 is 1.38 bits per heavy atom. The summed E-state index contributed by atoms with van der Waals surface area (Å²) in [6.07, 6.45) is 1.77. The van der Waals surface area contributed by atoms with E-state index in [1.807, 2.05) is 30.3 Å². The molecule has 0 bridgehead atoms. The quantitative estimate of drug-likeness (QED) is 0.689. The summed E-state index contributed by atoms with van der Waals surface area (Å²) in [6.45, 7) is -0.394. The van der Waals surface area contributed by atoms with Crippen LogP contribution in [-0.4, -0.2) is 32.7 Å². The molecule has 4 nitrogen and oxygen atoms in total. The zero-order valence-electron chi connectivity index (χ0n) is 10.6. The Labute approximate surface area is 134 Å². The van der Waals surface area contributed by atoms with E-state index in [0.29, 0.717) is 4.91 Å². The van der Waals surface area contributed by atoms with Crippen LogP contribution in [0.1, 0.15) is 4.88 Å². The Bertz CT molecular complexity index is 761. The van der Waals surface area contributed by atoms with Crippen LogP contribution < -0.4 is 0 Å². The number of hydrogen-bond donors (Lipinski definition) is 1. The molecule has 0 atom stereocenters. The van der Waals surface area contributed by atoms with Crippen molar-refractivity contribution >= 4 is 67.7 Å². The van der Waals surface area contributed by atoms with E-state index < -0.39 is 12.5 Å². The number of carboxylic acid groups (broad SMARTS) is 1. The van der Waals surface area contributed by atoms with Crippen molar-refractivity contribution in [1.82, 2.24) is 4.90 Å². The molecule has 0 unspecified atom stereocenters. The summed E-state index contributed by atoms with van der Waals surface area (Å²) in [5.74, 6) is -1.42. The maximum absolute atomic E-state index is 12.2. The van der Waals surface area contributed by atoms with Gasteiger partial charge in [-0.05, 0) is 23.6 Å². The van der Waals surface area contributed by atoms with Crippen LogP contribution in [0.3, 0.4) is 0 Å². The van der Waals surface area contributed by atoms with Gasteiger partial charge >= 0.3 is 5.97 Å². The fourth-order valence-electron chi connectivity index (χ4n) is 1.97. The number of nitrogens with zero attached hydrogens (tertiary/aromatic N) is 1. The second-order valence-electron chi connectivity index (χ2n) is 4.35. The first-order valence-corrected chi connectivity index (χ1v) is 8.04. The van der Waals surface area contributed by atoms with Crippen LogP contribution in [-0.2, 0) is 9.59 Å². The molecule has 1 aliphatic heterocycles. The molecule has 1 fully saturated rings. The Balaban J connectivity index is 1.91. The van der Waals surface area contributed by atoms with Crippen molar-refractivity contribution in [3.05, 3.63) is 40.1 Å². The van der Waals surface area contributed by atoms with Crippen molar-refractivity contribution in [2.75, 3.05) is 6.54 Å². The van der Waals surface area contributed by atoms with E-state index in [1.165, 1.54) is 0 Å². The van der Waals surface area contributed by atoms with Gasteiger partial charge in [-0.2, -0.15) is 0 Å². The molecule has 7 heteroatoms. The number of thioether (sulfide) groups is 1. The maximum atomic E-state index is 12.2. The van der Waals surface area contributed by atoms with Crippen LogP contribution in [0.2, 0.25) is 0 Å². The molecule has 0 spiro atoms. The molecule has 3 rings (SSSR count). The minimum atomic E-state index is -1.07. The summed E-state index contributed by atoms with van der Waals surface area (Å²) in [4.78, 5) is 25.4. The van der Waals surface area contributed by atoms with Gasteiger partial charge < -0.3 is 5.11 Å². The number of carbonyl (C=O) groups excluding carboxylic acids is 1. The number of rotatable bonds is 3. The number of fused-ring (bicyclic) bond motifs is 1. The number of hydrogen-bond acceptors (Lipinski definition) is 5. The fraction of sp³-hybridized carbons (Fsp3) is 0.0714. The molecule has 1 aromatic carbocycles. The molecule has 1 N–H and O–H groups in total. The Kier molecular flexibility index (Phi) is 3.79. The maximum Gasteiger partial charge on any atom is 0.323 e.